The first-order valence-electron chi connectivity index (χ1n) is 6.10. The first kappa shape index (κ1) is 15.6. The molecule has 1 unspecified atom stereocenters. The van der Waals surface area contributed by atoms with Crippen LogP contribution in [0.25, 0.3) is 0 Å². The van der Waals surface area contributed by atoms with Crippen LogP contribution in [0, 0.1) is 11.8 Å². The Hall–Kier alpha value is -2.24. The number of cyclic esters (lactones) is 1. The summed E-state index contributed by atoms with van der Waals surface area (Å²) in [6, 6.07) is 3.71. The second-order valence-electron chi connectivity index (χ2n) is 4.50. The zero-order valence-electron chi connectivity index (χ0n) is 11.1. The highest BCUT2D eigenvalue weighted by Gasteiger charge is 2.62. The van der Waals surface area contributed by atoms with E-state index in [9.17, 15) is 18.0 Å². The number of amides is 1. The lowest BCUT2D eigenvalue weighted by Gasteiger charge is -2.35. The molecule has 23 heavy (non-hydrogen) atoms. The summed E-state index contributed by atoms with van der Waals surface area (Å²) in [5.41, 5.74) is -2.08. The molecule has 9 heteroatoms. The van der Waals surface area contributed by atoms with Crippen molar-refractivity contribution in [3.05, 3.63) is 45.4 Å². The summed E-state index contributed by atoms with van der Waals surface area (Å²) < 4.78 is 45.8. The van der Waals surface area contributed by atoms with Crippen molar-refractivity contribution in [2.24, 2.45) is 0 Å². The van der Waals surface area contributed by atoms with Gasteiger partial charge in [0.2, 0.25) is 0 Å². The number of ether oxygens (including phenoxy) is 1. The largest absolute Gasteiger partial charge is 0.445 e. The summed E-state index contributed by atoms with van der Waals surface area (Å²) in [4.78, 5) is 15.6. The molecule has 4 nitrogen and oxygen atoms in total. The van der Waals surface area contributed by atoms with Crippen molar-refractivity contribution < 1.29 is 22.7 Å². The molecule has 1 aromatic heterocycles. The zero-order valence-corrected chi connectivity index (χ0v) is 12.6. The highest BCUT2D eigenvalue weighted by molar-refractivity contribution is 7.10. The zero-order chi connectivity index (χ0) is 16.7. The fraction of sp³-hybridized carbons (Fsp3) is 0.143. The predicted molar refractivity (Wildman–Crippen MR) is 78.3 cm³/mol. The monoisotopic (exact) mass is 358 g/mol. The summed E-state index contributed by atoms with van der Waals surface area (Å²) in [6.45, 7) is 0. The number of halogens is 4. The number of carbonyl (C=O) groups excluding carboxylic acids is 1. The van der Waals surface area contributed by atoms with Crippen molar-refractivity contribution in [1.82, 2.24) is 4.98 Å². The van der Waals surface area contributed by atoms with Crippen molar-refractivity contribution in [3.63, 3.8) is 0 Å². The molecule has 118 valence electrons. The average molecular weight is 359 g/mol. The van der Waals surface area contributed by atoms with E-state index >= 15 is 0 Å². The molecule has 1 N–H and O–H groups in total. The molecule has 0 spiro atoms. The minimum atomic E-state index is -4.96. The van der Waals surface area contributed by atoms with Crippen LogP contribution in [-0.4, -0.2) is 17.3 Å². The molecule has 0 bridgehead atoms. The molecule has 3 rings (SSSR count). The van der Waals surface area contributed by atoms with E-state index in [2.05, 4.69) is 21.0 Å². The Balaban J connectivity index is 2.25. The van der Waals surface area contributed by atoms with Crippen LogP contribution in [0.3, 0.4) is 0 Å². The Morgan fingerprint density at radius 3 is 2.83 bits per heavy atom. The Morgan fingerprint density at radius 2 is 2.17 bits per heavy atom. The maximum atomic E-state index is 13.7. The summed E-state index contributed by atoms with van der Waals surface area (Å²) >= 11 is 6.87. The Bertz CT molecular complexity index is 827. The van der Waals surface area contributed by atoms with E-state index in [-0.39, 0.29) is 16.3 Å². The number of hydrogen-bond donors (Lipinski definition) is 1. The second kappa shape index (κ2) is 5.44. The maximum Gasteiger partial charge on any atom is 0.445 e. The van der Waals surface area contributed by atoms with Gasteiger partial charge < -0.3 is 4.74 Å². The lowest BCUT2D eigenvalue weighted by atomic mass is 9.90. The molecule has 1 amide bonds. The smallest absolute Gasteiger partial charge is 0.415 e. The van der Waals surface area contributed by atoms with E-state index in [0.29, 0.717) is 4.88 Å². The Kier molecular flexibility index (Phi) is 3.70. The van der Waals surface area contributed by atoms with Crippen LogP contribution in [0.2, 0.25) is 5.02 Å². The van der Waals surface area contributed by atoms with Crippen molar-refractivity contribution in [2.45, 2.75) is 11.8 Å². The molecule has 0 fully saturated rings. The molecular formula is C14H6ClF3N2O2S. The van der Waals surface area contributed by atoms with Gasteiger partial charge in [-0.1, -0.05) is 11.6 Å². The van der Waals surface area contributed by atoms with E-state index in [0.717, 1.165) is 17.4 Å². The van der Waals surface area contributed by atoms with E-state index < -0.39 is 17.9 Å². The normalized spacial score (nSPS) is 19.9. The SMILES string of the molecule is O=C1Nc2ccc(Cl)cc2C(C#Cc2cncs2)(C(F)(F)F)O1. The van der Waals surface area contributed by atoms with Crippen LogP contribution < -0.4 is 5.32 Å². The number of alkyl halides is 3. The van der Waals surface area contributed by atoms with Crippen molar-refractivity contribution in [1.29, 1.82) is 0 Å². The molecule has 0 saturated carbocycles. The number of aromatic nitrogens is 1. The predicted octanol–water partition coefficient (Wildman–Crippen LogP) is 4.17. The van der Waals surface area contributed by atoms with E-state index in [1.807, 2.05) is 5.92 Å². The van der Waals surface area contributed by atoms with Crippen LogP contribution in [0.5, 0.6) is 0 Å². The van der Waals surface area contributed by atoms with E-state index in [4.69, 9.17) is 11.6 Å². The molecule has 0 saturated heterocycles. The summed E-state index contributed by atoms with van der Waals surface area (Å²) in [5.74, 6) is 4.41. The van der Waals surface area contributed by atoms with Crippen molar-refractivity contribution in [3.8, 4) is 11.8 Å². The molecule has 2 heterocycles. The highest BCUT2D eigenvalue weighted by atomic mass is 35.5. The molecule has 2 aromatic rings. The van der Waals surface area contributed by atoms with Crippen molar-refractivity contribution in [2.75, 3.05) is 5.32 Å². The van der Waals surface area contributed by atoms with Gasteiger partial charge in [-0.15, -0.1) is 11.3 Å². The summed E-state index contributed by atoms with van der Waals surface area (Å²) in [6.07, 6.45) is -4.87. The minimum Gasteiger partial charge on any atom is -0.415 e. The summed E-state index contributed by atoms with van der Waals surface area (Å²) in [7, 11) is 0. The summed E-state index contributed by atoms with van der Waals surface area (Å²) in [5, 5.41) is 2.28. The Morgan fingerprint density at radius 1 is 1.39 bits per heavy atom. The number of rotatable bonds is 0. The number of nitrogens with zero attached hydrogens (tertiary/aromatic N) is 1. The maximum absolute atomic E-state index is 13.7. The van der Waals surface area contributed by atoms with Gasteiger partial charge in [0.25, 0.3) is 5.60 Å². The van der Waals surface area contributed by atoms with Crippen LogP contribution in [0.1, 0.15) is 10.4 Å². The molecule has 0 radical (unpaired) electrons. The average Bonchev–Trinajstić information content (AvgIpc) is 2.97. The van der Waals surface area contributed by atoms with Crippen LogP contribution in [0.4, 0.5) is 23.7 Å². The minimum absolute atomic E-state index is 0.0541. The van der Waals surface area contributed by atoms with E-state index in [1.165, 1.54) is 23.8 Å². The van der Waals surface area contributed by atoms with Gasteiger partial charge >= 0.3 is 12.3 Å². The number of fused-ring (bicyclic) bond motifs is 1. The number of benzene rings is 1. The van der Waals surface area contributed by atoms with Gasteiger partial charge in [-0.3, -0.25) is 10.3 Å². The number of anilines is 1. The van der Waals surface area contributed by atoms with Gasteiger partial charge in [-0.05, 0) is 30.0 Å². The number of thiazole rings is 1. The van der Waals surface area contributed by atoms with Gasteiger partial charge in [-0.2, -0.15) is 13.2 Å². The van der Waals surface area contributed by atoms with Crippen LogP contribution in [0.15, 0.2) is 29.9 Å². The quantitative estimate of drug-likeness (QED) is 0.719. The standard InChI is InChI=1S/C14H6ClF3N2O2S/c15-8-1-2-11-10(5-8)13(14(16,17)18,22-12(21)20-11)4-3-9-6-19-7-23-9/h1-2,5-7H,(H,20,21). The lowest BCUT2D eigenvalue weighted by Crippen LogP contribution is -2.49. The Labute approximate surface area is 137 Å². The number of nitrogens with one attached hydrogen (secondary N) is 1. The second-order valence-corrected chi connectivity index (χ2v) is 5.82. The fourth-order valence-corrected chi connectivity index (χ4v) is 2.69. The first-order valence-corrected chi connectivity index (χ1v) is 7.36. The van der Waals surface area contributed by atoms with Crippen LogP contribution >= 0.6 is 22.9 Å². The van der Waals surface area contributed by atoms with Gasteiger partial charge in [0, 0.05) is 10.6 Å². The third-order valence-corrected chi connectivity index (χ3v) is 3.96. The molecule has 1 aliphatic heterocycles. The van der Waals surface area contributed by atoms with Gasteiger partial charge in [0.05, 0.1) is 22.3 Å². The van der Waals surface area contributed by atoms with Crippen molar-refractivity contribution >= 4 is 34.7 Å². The van der Waals surface area contributed by atoms with E-state index in [1.54, 1.807) is 0 Å². The van der Waals surface area contributed by atoms with Gasteiger partial charge in [0.1, 0.15) is 0 Å². The topological polar surface area (TPSA) is 51.2 Å². The van der Waals surface area contributed by atoms with Gasteiger partial charge in [0.15, 0.2) is 0 Å². The van der Waals surface area contributed by atoms with Crippen LogP contribution in [-0.2, 0) is 10.3 Å². The molecule has 0 aliphatic carbocycles. The molecule has 1 atom stereocenters. The third-order valence-electron chi connectivity index (χ3n) is 3.04. The lowest BCUT2D eigenvalue weighted by molar-refractivity contribution is -0.239. The fourth-order valence-electron chi connectivity index (χ4n) is 2.05. The van der Waals surface area contributed by atoms with Gasteiger partial charge in [-0.25, -0.2) is 4.79 Å². The first-order chi connectivity index (χ1) is 10.8. The number of carbonyl (C=O) groups is 1. The molecule has 1 aliphatic rings. The molecule has 1 aromatic carbocycles. The third kappa shape index (κ3) is 2.73. The molecular weight excluding hydrogens is 353 g/mol. The number of hydrogen-bond acceptors (Lipinski definition) is 4. The highest BCUT2D eigenvalue weighted by Crippen LogP contribution is 2.47.